The Hall–Kier alpha value is -2.71. The van der Waals surface area contributed by atoms with Gasteiger partial charge in [0.15, 0.2) is 0 Å². The van der Waals surface area contributed by atoms with Gasteiger partial charge in [0.05, 0.1) is 29.1 Å². The maximum absolute atomic E-state index is 11.7. The zero-order valence-electron chi connectivity index (χ0n) is 10.8. The smallest absolute Gasteiger partial charge is 0.342 e. The highest BCUT2D eigenvalue weighted by molar-refractivity contribution is 5.95. The van der Waals surface area contributed by atoms with Crippen molar-refractivity contribution < 1.29 is 24.1 Å². The van der Waals surface area contributed by atoms with Crippen LogP contribution in [-0.2, 0) is 4.74 Å². The van der Waals surface area contributed by atoms with E-state index in [0.717, 1.165) is 12.1 Å². The minimum atomic E-state index is -0.914. The Labute approximate surface area is 113 Å². The molecule has 1 aromatic rings. The van der Waals surface area contributed by atoms with Crippen LogP contribution in [0.25, 0.3) is 0 Å². The zero-order valence-corrected chi connectivity index (χ0v) is 10.8. The van der Waals surface area contributed by atoms with Gasteiger partial charge in [-0.15, -0.1) is 0 Å². The molecule has 0 aliphatic heterocycles. The third-order valence-electron chi connectivity index (χ3n) is 2.25. The number of esters is 1. The first-order chi connectivity index (χ1) is 9.42. The van der Waals surface area contributed by atoms with E-state index in [2.05, 4.69) is 0 Å². The molecule has 0 amide bonds. The lowest BCUT2D eigenvalue weighted by molar-refractivity contribution is -0.394. The van der Waals surface area contributed by atoms with Crippen LogP contribution in [0.15, 0.2) is 12.1 Å². The Kier molecular flexibility index (Phi) is 4.95. The molecule has 9 nitrogen and oxygen atoms in total. The van der Waals surface area contributed by atoms with Crippen LogP contribution in [0.2, 0.25) is 0 Å². The predicted molar refractivity (Wildman–Crippen MR) is 66.9 cm³/mol. The molecule has 0 aromatic heterocycles. The van der Waals surface area contributed by atoms with Crippen LogP contribution in [0.4, 0.5) is 11.4 Å². The first kappa shape index (κ1) is 15.3. The fraction of sp³-hybridized carbons (Fsp3) is 0.364. The maximum atomic E-state index is 11.7. The lowest BCUT2D eigenvalue weighted by Crippen LogP contribution is -2.10. The number of ether oxygens (including phenoxy) is 2. The van der Waals surface area contributed by atoms with Crippen molar-refractivity contribution in [2.75, 3.05) is 13.2 Å². The highest BCUT2D eigenvalue weighted by Gasteiger charge is 2.29. The van der Waals surface area contributed by atoms with Gasteiger partial charge in [0.1, 0.15) is 5.56 Å². The number of carbonyl (C=O) groups is 1. The van der Waals surface area contributed by atoms with Crippen molar-refractivity contribution in [3.63, 3.8) is 0 Å². The summed E-state index contributed by atoms with van der Waals surface area (Å²) in [5.74, 6) is -1.25. The second-order valence-electron chi connectivity index (χ2n) is 3.51. The first-order valence-corrected chi connectivity index (χ1v) is 5.69. The molecule has 0 heterocycles. The van der Waals surface area contributed by atoms with E-state index in [1.807, 2.05) is 0 Å². The number of nitrogens with zero attached hydrogens (tertiary/aromatic N) is 2. The number of hydrogen-bond donors (Lipinski definition) is 0. The monoisotopic (exact) mass is 284 g/mol. The fourth-order valence-corrected chi connectivity index (χ4v) is 1.50. The molecule has 0 N–H and O–H groups in total. The van der Waals surface area contributed by atoms with Crippen LogP contribution < -0.4 is 4.74 Å². The first-order valence-electron chi connectivity index (χ1n) is 5.69. The number of rotatable bonds is 6. The van der Waals surface area contributed by atoms with Crippen molar-refractivity contribution in [3.8, 4) is 5.75 Å². The molecule has 1 aromatic carbocycles. The number of hydrogen-bond acceptors (Lipinski definition) is 7. The van der Waals surface area contributed by atoms with Crippen LogP contribution in [-0.4, -0.2) is 29.0 Å². The van der Waals surface area contributed by atoms with Crippen LogP contribution in [0.3, 0.4) is 0 Å². The van der Waals surface area contributed by atoms with E-state index < -0.39 is 27.2 Å². The van der Waals surface area contributed by atoms with Crippen molar-refractivity contribution in [3.05, 3.63) is 37.9 Å². The van der Waals surface area contributed by atoms with Crippen molar-refractivity contribution in [1.82, 2.24) is 0 Å². The average molecular weight is 284 g/mol. The number of carbonyl (C=O) groups excluding carboxylic acids is 1. The highest BCUT2D eigenvalue weighted by atomic mass is 16.6. The second kappa shape index (κ2) is 6.45. The van der Waals surface area contributed by atoms with Crippen LogP contribution >= 0.6 is 0 Å². The van der Waals surface area contributed by atoms with E-state index in [0.29, 0.717) is 0 Å². The zero-order chi connectivity index (χ0) is 15.3. The summed E-state index contributed by atoms with van der Waals surface area (Å²) < 4.78 is 9.79. The van der Waals surface area contributed by atoms with E-state index >= 15 is 0 Å². The van der Waals surface area contributed by atoms with Crippen LogP contribution in [0.1, 0.15) is 24.2 Å². The third-order valence-corrected chi connectivity index (χ3v) is 2.25. The van der Waals surface area contributed by atoms with Gasteiger partial charge in [0, 0.05) is 6.07 Å². The molecule has 108 valence electrons. The number of nitro groups is 2. The quantitative estimate of drug-likeness (QED) is 0.445. The normalized spacial score (nSPS) is 9.90. The second-order valence-corrected chi connectivity index (χ2v) is 3.51. The SMILES string of the molecule is CCOC(=O)c1cc([N+](=O)[O-])cc([N+](=O)[O-])c1OCC. The summed E-state index contributed by atoms with van der Waals surface area (Å²) in [5.41, 5.74) is -1.57. The molecule has 0 spiro atoms. The molecule has 9 heteroatoms. The lowest BCUT2D eigenvalue weighted by Gasteiger charge is -2.09. The largest absolute Gasteiger partial charge is 0.487 e. The minimum absolute atomic E-state index is 0.0287. The molecule has 20 heavy (non-hydrogen) atoms. The van der Waals surface area contributed by atoms with Gasteiger partial charge < -0.3 is 9.47 Å². The highest BCUT2D eigenvalue weighted by Crippen LogP contribution is 2.35. The van der Waals surface area contributed by atoms with Gasteiger partial charge in [0.25, 0.3) is 5.69 Å². The molecular formula is C11H12N2O7. The van der Waals surface area contributed by atoms with E-state index in [4.69, 9.17) is 9.47 Å². The molecule has 0 saturated heterocycles. The third kappa shape index (κ3) is 3.19. The van der Waals surface area contributed by atoms with Gasteiger partial charge in [-0.25, -0.2) is 4.79 Å². The number of benzene rings is 1. The molecule has 0 aliphatic carbocycles. The fourth-order valence-electron chi connectivity index (χ4n) is 1.50. The van der Waals surface area contributed by atoms with Gasteiger partial charge >= 0.3 is 11.7 Å². The summed E-state index contributed by atoms with van der Waals surface area (Å²) >= 11 is 0. The van der Waals surface area contributed by atoms with Crippen molar-refractivity contribution in [2.45, 2.75) is 13.8 Å². The summed E-state index contributed by atoms with van der Waals surface area (Å²) in [4.78, 5) is 31.8. The molecule has 1 rings (SSSR count). The summed E-state index contributed by atoms with van der Waals surface area (Å²) in [6.07, 6.45) is 0. The van der Waals surface area contributed by atoms with Gasteiger partial charge in [-0.05, 0) is 13.8 Å². The molecule has 0 atom stereocenters. The van der Waals surface area contributed by atoms with Gasteiger partial charge in [-0.1, -0.05) is 0 Å². The van der Waals surface area contributed by atoms with Crippen molar-refractivity contribution in [2.24, 2.45) is 0 Å². The Morgan fingerprint density at radius 2 is 1.80 bits per heavy atom. The minimum Gasteiger partial charge on any atom is -0.487 e. The van der Waals surface area contributed by atoms with Crippen LogP contribution in [0, 0.1) is 20.2 Å². The summed E-state index contributed by atoms with van der Waals surface area (Å²) in [6.45, 7) is 3.20. The summed E-state index contributed by atoms with van der Waals surface area (Å²) in [6, 6.07) is 1.64. The molecule has 0 fully saturated rings. The van der Waals surface area contributed by atoms with Gasteiger partial charge in [-0.2, -0.15) is 0 Å². The topological polar surface area (TPSA) is 122 Å². The van der Waals surface area contributed by atoms with E-state index in [-0.39, 0.29) is 24.5 Å². The Morgan fingerprint density at radius 3 is 2.25 bits per heavy atom. The van der Waals surface area contributed by atoms with E-state index in [9.17, 15) is 25.0 Å². The number of nitro benzene ring substituents is 2. The van der Waals surface area contributed by atoms with Gasteiger partial charge in [-0.3, -0.25) is 20.2 Å². The van der Waals surface area contributed by atoms with E-state index in [1.54, 1.807) is 13.8 Å². The Bertz CT molecular complexity index is 556. The molecule has 0 aliphatic rings. The van der Waals surface area contributed by atoms with Crippen molar-refractivity contribution in [1.29, 1.82) is 0 Å². The Morgan fingerprint density at radius 1 is 1.15 bits per heavy atom. The average Bonchev–Trinajstić information content (AvgIpc) is 2.38. The lowest BCUT2D eigenvalue weighted by atomic mass is 10.1. The Balaban J connectivity index is 3.54. The van der Waals surface area contributed by atoms with E-state index in [1.165, 1.54) is 0 Å². The van der Waals surface area contributed by atoms with Crippen LogP contribution in [0.5, 0.6) is 5.75 Å². The molecule has 0 radical (unpaired) electrons. The predicted octanol–water partition coefficient (Wildman–Crippen LogP) is 2.08. The molecule has 0 saturated carbocycles. The van der Waals surface area contributed by atoms with Crippen molar-refractivity contribution >= 4 is 17.3 Å². The summed E-state index contributed by atoms with van der Waals surface area (Å²) in [7, 11) is 0. The summed E-state index contributed by atoms with van der Waals surface area (Å²) in [5, 5.41) is 21.7. The maximum Gasteiger partial charge on any atom is 0.342 e. The molecule has 0 bridgehead atoms. The molecule has 0 unspecified atom stereocenters. The molecular weight excluding hydrogens is 272 g/mol. The standard InChI is InChI=1S/C11H12N2O7/c1-3-19-10-8(11(14)20-4-2)5-7(12(15)16)6-9(10)13(17)18/h5-6H,3-4H2,1-2H3. The number of non-ortho nitro benzene ring substituents is 1. The van der Waals surface area contributed by atoms with Gasteiger partial charge in [0.2, 0.25) is 5.75 Å².